The maximum Gasteiger partial charge on any atom is 0.252 e. The monoisotopic (exact) mass is 270 g/mol. The van der Waals surface area contributed by atoms with E-state index in [1.165, 1.54) is 0 Å². The number of hydrogen-bond acceptors (Lipinski definition) is 2. The minimum Gasteiger partial charge on any atom is -0.348 e. The van der Waals surface area contributed by atoms with E-state index < -0.39 is 0 Å². The van der Waals surface area contributed by atoms with Gasteiger partial charge in [-0.1, -0.05) is 6.07 Å². The van der Waals surface area contributed by atoms with Gasteiger partial charge in [0.25, 0.3) is 5.91 Å². The maximum absolute atomic E-state index is 11.7. The SMILES string of the molecule is Cc1ccc(C(=O)N[C@@H](C)CN)c(Br)c1. The lowest BCUT2D eigenvalue weighted by Gasteiger charge is -2.12. The minimum atomic E-state index is -0.0974. The summed E-state index contributed by atoms with van der Waals surface area (Å²) in [5.41, 5.74) is 7.19. The second-order valence-corrected chi connectivity index (χ2v) is 4.45. The first kappa shape index (κ1) is 12.2. The van der Waals surface area contributed by atoms with Gasteiger partial charge in [-0.05, 0) is 47.5 Å². The number of rotatable bonds is 3. The summed E-state index contributed by atoms with van der Waals surface area (Å²) in [6.07, 6.45) is 0. The van der Waals surface area contributed by atoms with Gasteiger partial charge in [0.05, 0.1) is 5.56 Å². The van der Waals surface area contributed by atoms with Crippen LogP contribution in [0.15, 0.2) is 22.7 Å². The van der Waals surface area contributed by atoms with Crippen molar-refractivity contribution in [1.82, 2.24) is 5.32 Å². The molecule has 0 aromatic heterocycles. The summed E-state index contributed by atoms with van der Waals surface area (Å²) in [5.74, 6) is -0.0974. The molecule has 1 amide bonds. The molecule has 0 fully saturated rings. The third kappa shape index (κ3) is 3.32. The lowest BCUT2D eigenvalue weighted by Crippen LogP contribution is -2.37. The fraction of sp³-hybridized carbons (Fsp3) is 0.364. The molecule has 0 aliphatic carbocycles. The van der Waals surface area contributed by atoms with Crippen LogP contribution in [0.1, 0.15) is 22.8 Å². The fourth-order valence-corrected chi connectivity index (χ4v) is 1.84. The smallest absolute Gasteiger partial charge is 0.252 e. The summed E-state index contributed by atoms with van der Waals surface area (Å²) in [6, 6.07) is 5.62. The number of carbonyl (C=O) groups excluding carboxylic acids is 1. The Balaban J connectivity index is 2.82. The Morgan fingerprint density at radius 3 is 2.80 bits per heavy atom. The number of hydrogen-bond donors (Lipinski definition) is 2. The van der Waals surface area contributed by atoms with E-state index in [-0.39, 0.29) is 11.9 Å². The number of halogens is 1. The predicted octanol–water partition coefficient (Wildman–Crippen LogP) is 1.83. The molecule has 0 aliphatic heterocycles. The Kier molecular flexibility index (Phi) is 4.29. The molecule has 1 aromatic carbocycles. The van der Waals surface area contributed by atoms with Gasteiger partial charge in [0.15, 0.2) is 0 Å². The van der Waals surface area contributed by atoms with Gasteiger partial charge in [-0.3, -0.25) is 4.79 Å². The van der Waals surface area contributed by atoms with Crippen LogP contribution in [0.25, 0.3) is 0 Å². The average Bonchev–Trinajstić information content (AvgIpc) is 2.17. The molecule has 0 bridgehead atoms. The lowest BCUT2D eigenvalue weighted by molar-refractivity contribution is 0.0940. The summed E-state index contributed by atoms with van der Waals surface area (Å²) >= 11 is 3.37. The highest BCUT2D eigenvalue weighted by Crippen LogP contribution is 2.18. The highest BCUT2D eigenvalue weighted by atomic mass is 79.9. The van der Waals surface area contributed by atoms with Crippen molar-refractivity contribution < 1.29 is 4.79 Å². The lowest BCUT2D eigenvalue weighted by atomic mass is 10.1. The quantitative estimate of drug-likeness (QED) is 0.881. The number of aryl methyl sites for hydroxylation is 1. The third-order valence-corrected chi connectivity index (χ3v) is 2.76. The normalized spacial score (nSPS) is 12.3. The van der Waals surface area contributed by atoms with Crippen molar-refractivity contribution in [2.45, 2.75) is 19.9 Å². The largest absolute Gasteiger partial charge is 0.348 e. The number of carbonyl (C=O) groups is 1. The summed E-state index contributed by atoms with van der Waals surface area (Å²) in [6.45, 7) is 4.30. The van der Waals surface area contributed by atoms with Gasteiger partial charge < -0.3 is 11.1 Å². The van der Waals surface area contributed by atoms with Gasteiger partial charge in [-0.15, -0.1) is 0 Å². The highest BCUT2D eigenvalue weighted by Gasteiger charge is 2.11. The first-order valence-electron chi connectivity index (χ1n) is 4.81. The van der Waals surface area contributed by atoms with Crippen LogP contribution in [0, 0.1) is 6.92 Å². The topological polar surface area (TPSA) is 55.1 Å². The van der Waals surface area contributed by atoms with E-state index in [0.717, 1.165) is 10.0 Å². The fourth-order valence-electron chi connectivity index (χ4n) is 1.16. The Morgan fingerprint density at radius 2 is 2.27 bits per heavy atom. The third-order valence-electron chi connectivity index (χ3n) is 2.10. The van der Waals surface area contributed by atoms with Crippen LogP contribution in [-0.2, 0) is 0 Å². The molecule has 0 saturated heterocycles. The van der Waals surface area contributed by atoms with Crippen molar-refractivity contribution in [2.75, 3.05) is 6.54 Å². The molecule has 0 unspecified atom stereocenters. The van der Waals surface area contributed by atoms with Crippen LogP contribution in [0.5, 0.6) is 0 Å². The molecule has 0 aliphatic rings. The highest BCUT2D eigenvalue weighted by molar-refractivity contribution is 9.10. The molecular weight excluding hydrogens is 256 g/mol. The van der Waals surface area contributed by atoms with Gasteiger partial charge in [0.1, 0.15) is 0 Å². The summed E-state index contributed by atoms with van der Waals surface area (Å²) in [7, 11) is 0. The Hall–Kier alpha value is -0.870. The Bertz CT molecular complexity index is 366. The summed E-state index contributed by atoms with van der Waals surface area (Å²) in [4.78, 5) is 11.7. The number of nitrogens with one attached hydrogen (secondary N) is 1. The van der Waals surface area contributed by atoms with Gasteiger partial charge in [-0.2, -0.15) is 0 Å². The van der Waals surface area contributed by atoms with Crippen molar-refractivity contribution in [3.8, 4) is 0 Å². The Labute approximate surface area is 98.2 Å². The van der Waals surface area contributed by atoms with Crippen molar-refractivity contribution in [3.05, 3.63) is 33.8 Å². The van der Waals surface area contributed by atoms with Gasteiger partial charge in [0, 0.05) is 17.1 Å². The zero-order valence-electron chi connectivity index (χ0n) is 8.88. The van der Waals surface area contributed by atoms with E-state index in [0.29, 0.717) is 12.1 Å². The molecule has 15 heavy (non-hydrogen) atoms. The van der Waals surface area contributed by atoms with E-state index in [9.17, 15) is 4.79 Å². The van der Waals surface area contributed by atoms with Gasteiger partial charge >= 0.3 is 0 Å². The number of amides is 1. The molecule has 1 atom stereocenters. The van der Waals surface area contributed by atoms with Crippen LogP contribution >= 0.6 is 15.9 Å². The molecule has 4 heteroatoms. The van der Waals surface area contributed by atoms with Crippen molar-refractivity contribution in [1.29, 1.82) is 0 Å². The van der Waals surface area contributed by atoms with Crippen molar-refractivity contribution in [3.63, 3.8) is 0 Å². The van der Waals surface area contributed by atoms with E-state index >= 15 is 0 Å². The van der Waals surface area contributed by atoms with E-state index in [1.54, 1.807) is 6.07 Å². The summed E-state index contributed by atoms with van der Waals surface area (Å²) in [5, 5.41) is 2.81. The molecule has 0 spiro atoms. The van der Waals surface area contributed by atoms with Gasteiger partial charge in [0.2, 0.25) is 0 Å². The molecule has 0 heterocycles. The number of benzene rings is 1. The second-order valence-electron chi connectivity index (χ2n) is 3.59. The molecule has 0 saturated carbocycles. The first-order valence-corrected chi connectivity index (χ1v) is 5.61. The van der Waals surface area contributed by atoms with Crippen molar-refractivity contribution >= 4 is 21.8 Å². The molecule has 82 valence electrons. The minimum absolute atomic E-state index is 0.00861. The maximum atomic E-state index is 11.7. The zero-order chi connectivity index (χ0) is 11.4. The molecule has 3 nitrogen and oxygen atoms in total. The number of nitrogens with two attached hydrogens (primary N) is 1. The van der Waals surface area contributed by atoms with Gasteiger partial charge in [-0.25, -0.2) is 0 Å². The van der Waals surface area contributed by atoms with E-state index in [1.807, 2.05) is 26.0 Å². The standard InChI is InChI=1S/C11H15BrN2O/c1-7-3-4-9(10(12)5-7)11(15)14-8(2)6-13/h3-5,8H,6,13H2,1-2H3,(H,14,15)/t8-/m0/s1. The summed E-state index contributed by atoms with van der Waals surface area (Å²) < 4.78 is 0.809. The van der Waals surface area contributed by atoms with Crippen molar-refractivity contribution in [2.24, 2.45) is 5.73 Å². The zero-order valence-corrected chi connectivity index (χ0v) is 10.5. The molecule has 0 radical (unpaired) electrons. The van der Waals surface area contributed by atoms with Crippen LogP contribution in [0.3, 0.4) is 0 Å². The van der Waals surface area contributed by atoms with Crippen LogP contribution in [-0.4, -0.2) is 18.5 Å². The van der Waals surface area contributed by atoms with Crippen LogP contribution < -0.4 is 11.1 Å². The predicted molar refractivity (Wildman–Crippen MR) is 64.9 cm³/mol. The second kappa shape index (κ2) is 5.28. The average molecular weight is 271 g/mol. The molecular formula is C11H15BrN2O. The van der Waals surface area contributed by atoms with E-state index in [4.69, 9.17) is 5.73 Å². The molecule has 1 aromatic rings. The Morgan fingerprint density at radius 1 is 1.60 bits per heavy atom. The van der Waals surface area contributed by atoms with Crippen LogP contribution in [0.2, 0.25) is 0 Å². The van der Waals surface area contributed by atoms with E-state index in [2.05, 4.69) is 21.2 Å². The molecule has 3 N–H and O–H groups in total. The molecule has 1 rings (SSSR count). The first-order chi connectivity index (χ1) is 7.04. The van der Waals surface area contributed by atoms with Crippen LogP contribution in [0.4, 0.5) is 0 Å².